The summed E-state index contributed by atoms with van der Waals surface area (Å²) in [6, 6.07) is 16.3. The van der Waals surface area contributed by atoms with Crippen LogP contribution in [0.3, 0.4) is 0 Å². The Kier molecular flexibility index (Phi) is 4.78. The van der Waals surface area contributed by atoms with Crippen molar-refractivity contribution in [1.29, 1.82) is 0 Å². The fourth-order valence-electron chi connectivity index (χ4n) is 1.83. The zero-order valence-corrected chi connectivity index (χ0v) is 11.1. The molecule has 0 unspecified atom stereocenters. The lowest BCUT2D eigenvalue weighted by Gasteiger charge is -2.19. The summed E-state index contributed by atoms with van der Waals surface area (Å²) in [5.74, 6) is 0.472. The molecule has 0 bridgehead atoms. The normalized spacial score (nSPS) is 10.2. The maximum absolute atomic E-state index is 12.7. The summed E-state index contributed by atoms with van der Waals surface area (Å²) in [4.78, 5) is 2.19. The number of halogens is 1. The Morgan fingerprint density at radius 2 is 1.68 bits per heavy atom. The van der Waals surface area contributed by atoms with Gasteiger partial charge >= 0.3 is 0 Å². The van der Waals surface area contributed by atoms with Crippen LogP contribution in [0.15, 0.2) is 54.6 Å². The average Bonchev–Trinajstić information content (AvgIpc) is 2.46. The van der Waals surface area contributed by atoms with Crippen LogP contribution >= 0.6 is 0 Å². The minimum Gasteiger partial charge on any atom is -0.494 e. The van der Waals surface area contributed by atoms with E-state index in [2.05, 4.69) is 24.1 Å². The van der Waals surface area contributed by atoms with E-state index >= 15 is 0 Å². The highest BCUT2D eigenvalue weighted by Crippen LogP contribution is 2.13. The van der Waals surface area contributed by atoms with Crippen molar-refractivity contribution in [3.05, 3.63) is 60.4 Å². The van der Waals surface area contributed by atoms with E-state index in [1.165, 1.54) is 17.8 Å². The van der Waals surface area contributed by atoms with Crippen molar-refractivity contribution in [2.24, 2.45) is 0 Å². The van der Waals surface area contributed by atoms with Gasteiger partial charge in [-0.1, -0.05) is 18.2 Å². The maximum Gasteiger partial charge on any atom is 0.123 e. The molecule has 0 amide bonds. The van der Waals surface area contributed by atoms with Crippen molar-refractivity contribution in [3.8, 4) is 5.75 Å². The molecule has 19 heavy (non-hydrogen) atoms. The third-order valence-corrected chi connectivity index (χ3v) is 2.92. The van der Waals surface area contributed by atoms with Gasteiger partial charge < -0.3 is 9.64 Å². The van der Waals surface area contributed by atoms with E-state index < -0.39 is 0 Å². The molecule has 2 rings (SSSR count). The van der Waals surface area contributed by atoms with Crippen LogP contribution < -0.4 is 9.64 Å². The Labute approximate surface area is 113 Å². The van der Waals surface area contributed by atoms with Crippen LogP contribution in [0.4, 0.5) is 10.1 Å². The second-order valence-electron chi connectivity index (χ2n) is 4.41. The average molecular weight is 259 g/mol. The van der Waals surface area contributed by atoms with E-state index in [1.54, 1.807) is 12.1 Å². The van der Waals surface area contributed by atoms with Gasteiger partial charge in [0.2, 0.25) is 0 Å². The molecule has 0 aliphatic heterocycles. The number of benzene rings is 2. The third kappa shape index (κ3) is 4.28. The molecule has 0 saturated heterocycles. The van der Waals surface area contributed by atoms with Crippen molar-refractivity contribution >= 4 is 5.69 Å². The number of para-hydroxylation sites is 1. The lowest BCUT2D eigenvalue weighted by Crippen LogP contribution is -2.20. The molecule has 0 radical (unpaired) electrons. The van der Waals surface area contributed by atoms with Crippen LogP contribution in [0.25, 0.3) is 0 Å². The Bertz CT molecular complexity index is 484. The van der Waals surface area contributed by atoms with Crippen LogP contribution in [0.1, 0.15) is 6.42 Å². The van der Waals surface area contributed by atoms with Crippen LogP contribution in [0, 0.1) is 5.82 Å². The van der Waals surface area contributed by atoms with Gasteiger partial charge in [-0.15, -0.1) is 0 Å². The molecule has 100 valence electrons. The molecule has 0 saturated carbocycles. The van der Waals surface area contributed by atoms with Gasteiger partial charge in [0.1, 0.15) is 11.6 Å². The summed E-state index contributed by atoms with van der Waals surface area (Å²) < 4.78 is 18.3. The molecule has 0 heterocycles. The summed E-state index contributed by atoms with van der Waals surface area (Å²) in [6.45, 7) is 1.55. The maximum atomic E-state index is 12.7. The van der Waals surface area contributed by atoms with Gasteiger partial charge in [0.05, 0.1) is 6.61 Å². The van der Waals surface area contributed by atoms with E-state index in [0.29, 0.717) is 12.4 Å². The van der Waals surface area contributed by atoms with Crippen molar-refractivity contribution in [2.45, 2.75) is 6.42 Å². The molecular weight excluding hydrogens is 241 g/mol. The van der Waals surface area contributed by atoms with Crippen molar-refractivity contribution in [2.75, 3.05) is 25.1 Å². The summed E-state index contributed by atoms with van der Waals surface area (Å²) in [7, 11) is 2.06. The number of hydrogen-bond acceptors (Lipinski definition) is 2. The Morgan fingerprint density at radius 3 is 2.37 bits per heavy atom. The van der Waals surface area contributed by atoms with Crippen molar-refractivity contribution in [1.82, 2.24) is 0 Å². The van der Waals surface area contributed by atoms with E-state index in [0.717, 1.165) is 13.0 Å². The highest BCUT2D eigenvalue weighted by Gasteiger charge is 2.00. The summed E-state index contributed by atoms with van der Waals surface area (Å²) >= 11 is 0. The largest absolute Gasteiger partial charge is 0.494 e. The van der Waals surface area contributed by atoms with Crippen LogP contribution in [-0.2, 0) is 0 Å². The third-order valence-electron chi connectivity index (χ3n) is 2.92. The van der Waals surface area contributed by atoms with Crippen LogP contribution in [0.5, 0.6) is 5.75 Å². The standard InChI is InChI=1S/C16H18FNO/c1-18(15-6-3-2-4-7-15)12-5-13-19-16-10-8-14(17)9-11-16/h2-4,6-11H,5,12-13H2,1H3. The Balaban J connectivity index is 1.71. The number of hydrogen-bond donors (Lipinski definition) is 0. The second kappa shape index (κ2) is 6.78. The van der Waals surface area contributed by atoms with E-state index in [1.807, 2.05) is 18.2 Å². The Hall–Kier alpha value is -2.03. The van der Waals surface area contributed by atoms with Gasteiger partial charge in [0.15, 0.2) is 0 Å². The Morgan fingerprint density at radius 1 is 1.00 bits per heavy atom. The molecular formula is C16H18FNO. The number of anilines is 1. The van der Waals surface area contributed by atoms with E-state index in [4.69, 9.17) is 4.74 Å². The van der Waals surface area contributed by atoms with Gasteiger partial charge in [0, 0.05) is 19.3 Å². The minimum absolute atomic E-state index is 0.240. The number of rotatable bonds is 6. The van der Waals surface area contributed by atoms with Gasteiger partial charge in [-0.3, -0.25) is 0 Å². The first-order valence-corrected chi connectivity index (χ1v) is 6.40. The zero-order valence-electron chi connectivity index (χ0n) is 11.1. The van der Waals surface area contributed by atoms with Crippen LogP contribution in [0.2, 0.25) is 0 Å². The smallest absolute Gasteiger partial charge is 0.123 e. The lowest BCUT2D eigenvalue weighted by atomic mass is 10.3. The van der Waals surface area contributed by atoms with Crippen molar-refractivity contribution < 1.29 is 9.13 Å². The molecule has 0 spiro atoms. The first kappa shape index (κ1) is 13.4. The van der Waals surface area contributed by atoms with Gasteiger partial charge in [-0.2, -0.15) is 0 Å². The highest BCUT2D eigenvalue weighted by molar-refractivity contribution is 5.44. The second-order valence-corrected chi connectivity index (χ2v) is 4.41. The molecule has 0 aliphatic carbocycles. The van der Waals surface area contributed by atoms with Crippen LogP contribution in [-0.4, -0.2) is 20.2 Å². The molecule has 0 fully saturated rings. The highest BCUT2D eigenvalue weighted by atomic mass is 19.1. The van der Waals surface area contributed by atoms with E-state index in [-0.39, 0.29) is 5.82 Å². The lowest BCUT2D eigenvalue weighted by molar-refractivity contribution is 0.312. The molecule has 0 aliphatic rings. The SMILES string of the molecule is CN(CCCOc1ccc(F)cc1)c1ccccc1. The minimum atomic E-state index is -0.240. The molecule has 0 atom stereocenters. The summed E-state index contributed by atoms with van der Waals surface area (Å²) in [5.41, 5.74) is 1.20. The molecule has 0 N–H and O–H groups in total. The number of nitrogens with zero attached hydrogens (tertiary/aromatic N) is 1. The van der Waals surface area contributed by atoms with Gasteiger partial charge in [-0.25, -0.2) is 4.39 Å². The predicted octanol–water partition coefficient (Wildman–Crippen LogP) is 3.73. The first-order chi connectivity index (χ1) is 9.25. The topological polar surface area (TPSA) is 12.5 Å². The van der Waals surface area contributed by atoms with Gasteiger partial charge in [-0.05, 0) is 42.8 Å². The first-order valence-electron chi connectivity index (χ1n) is 6.40. The van der Waals surface area contributed by atoms with E-state index in [9.17, 15) is 4.39 Å². The molecule has 0 aromatic heterocycles. The molecule has 2 nitrogen and oxygen atoms in total. The molecule has 3 heteroatoms. The predicted molar refractivity (Wildman–Crippen MR) is 76.2 cm³/mol. The quantitative estimate of drug-likeness (QED) is 0.733. The fraction of sp³-hybridized carbons (Fsp3) is 0.250. The van der Waals surface area contributed by atoms with Crippen molar-refractivity contribution in [3.63, 3.8) is 0 Å². The fourth-order valence-corrected chi connectivity index (χ4v) is 1.83. The molecule has 2 aromatic carbocycles. The number of ether oxygens (including phenoxy) is 1. The monoisotopic (exact) mass is 259 g/mol. The zero-order chi connectivity index (χ0) is 13.5. The summed E-state index contributed by atoms with van der Waals surface area (Å²) in [6.07, 6.45) is 0.919. The molecule has 2 aromatic rings. The van der Waals surface area contributed by atoms with Gasteiger partial charge in [0.25, 0.3) is 0 Å². The summed E-state index contributed by atoms with van der Waals surface area (Å²) in [5, 5.41) is 0.